The van der Waals surface area contributed by atoms with Crippen LogP contribution in [0, 0.1) is 0 Å². The topological polar surface area (TPSA) is 85.3 Å². The standard InChI is InChI=1S/C23H14N2O4S/c26-20(18-11-6-12-28-18)25-22-19(14-7-2-1-3-8-14)24-21(30-22)16-13-15-9-4-5-10-17(15)29-23(16)27/h1-13H,(H,25,26). The van der Waals surface area contributed by atoms with Crippen LogP contribution in [-0.4, -0.2) is 10.9 Å². The summed E-state index contributed by atoms with van der Waals surface area (Å²) in [6.45, 7) is 0. The van der Waals surface area contributed by atoms with E-state index in [9.17, 15) is 9.59 Å². The Balaban J connectivity index is 1.63. The van der Waals surface area contributed by atoms with Gasteiger partial charge in [-0.15, -0.1) is 0 Å². The molecule has 1 N–H and O–H groups in total. The molecule has 3 heterocycles. The first-order valence-electron chi connectivity index (χ1n) is 9.13. The lowest BCUT2D eigenvalue weighted by Crippen LogP contribution is -2.10. The van der Waals surface area contributed by atoms with Crippen LogP contribution in [0.4, 0.5) is 5.00 Å². The minimum Gasteiger partial charge on any atom is -0.459 e. The number of benzene rings is 2. The van der Waals surface area contributed by atoms with E-state index in [4.69, 9.17) is 8.83 Å². The van der Waals surface area contributed by atoms with E-state index in [0.717, 1.165) is 10.9 Å². The zero-order valence-electron chi connectivity index (χ0n) is 15.5. The number of para-hydroxylation sites is 1. The van der Waals surface area contributed by atoms with Gasteiger partial charge in [0.2, 0.25) is 0 Å². The summed E-state index contributed by atoms with van der Waals surface area (Å²) in [6.07, 6.45) is 1.44. The maximum Gasteiger partial charge on any atom is 0.346 e. The smallest absolute Gasteiger partial charge is 0.346 e. The van der Waals surface area contributed by atoms with Gasteiger partial charge in [0.15, 0.2) is 5.76 Å². The molecule has 30 heavy (non-hydrogen) atoms. The summed E-state index contributed by atoms with van der Waals surface area (Å²) in [4.78, 5) is 29.8. The molecule has 0 unspecified atom stereocenters. The minimum atomic E-state index is -0.481. The highest BCUT2D eigenvalue weighted by atomic mass is 32.1. The first-order valence-corrected chi connectivity index (χ1v) is 9.95. The predicted molar refractivity (Wildman–Crippen MR) is 116 cm³/mol. The number of fused-ring (bicyclic) bond motifs is 1. The minimum absolute atomic E-state index is 0.189. The van der Waals surface area contributed by atoms with Crippen molar-refractivity contribution in [1.82, 2.24) is 4.98 Å². The third kappa shape index (κ3) is 3.31. The second-order valence-corrected chi connectivity index (χ2v) is 7.48. The SMILES string of the molecule is O=C(Nc1sc(-c2cc3ccccc3oc2=O)nc1-c1ccccc1)c1ccco1. The van der Waals surface area contributed by atoms with Crippen molar-refractivity contribution in [1.29, 1.82) is 0 Å². The number of aromatic nitrogens is 1. The Morgan fingerprint density at radius 3 is 2.57 bits per heavy atom. The van der Waals surface area contributed by atoms with Crippen molar-refractivity contribution in [2.45, 2.75) is 0 Å². The number of hydrogen-bond donors (Lipinski definition) is 1. The number of carbonyl (C=O) groups excluding carboxylic acids is 1. The lowest BCUT2D eigenvalue weighted by Gasteiger charge is -2.03. The molecule has 0 fully saturated rings. The summed E-state index contributed by atoms with van der Waals surface area (Å²) in [7, 11) is 0. The van der Waals surface area contributed by atoms with Gasteiger partial charge in [-0.2, -0.15) is 0 Å². The van der Waals surface area contributed by atoms with Crippen LogP contribution in [0.2, 0.25) is 0 Å². The molecule has 0 radical (unpaired) electrons. The molecule has 0 atom stereocenters. The fraction of sp³-hybridized carbons (Fsp3) is 0. The number of nitrogens with one attached hydrogen (secondary N) is 1. The third-order valence-electron chi connectivity index (χ3n) is 4.52. The third-order valence-corrected chi connectivity index (χ3v) is 5.52. The van der Waals surface area contributed by atoms with Crippen LogP contribution in [0.5, 0.6) is 0 Å². The van der Waals surface area contributed by atoms with E-state index in [-0.39, 0.29) is 5.76 Å². The number of amides is 1. The highest BCUT2D eigenvalue weighted by Crippen LogP contribution is 2.37. The summed E-state index contributed by atoms with van der Waals surface area (Å²) < 4.78 is 10.6. The van der Waals surface area contributed by atoms with Gasteiger partial charge in [-0.3, -0.25) is 4.79 Å². The number of hydrogen-bond acceptors (Lipinski definition) is 6. The lowest BCUT2D eigenvalue weighted by molar-refractivity contribution is 0.0997. The quantitative estimate of drug-likeness (QED) is 0.397. The average Bonchev–Trinajstić information content (AvgIpc) is 3.44. The molecule has 7 heteroatoms. The average molecular weight is 414 g/mol. The van der Waals surface area contributed by atoms with Crippen molar-refractivity contribution in [3.63, 3.8) is 0 Å². The van der Waals surface area contributed by atoms with Gasteiger partial charge in [-0.05, 0) is 24.3 Å². The van der Waals surface area contributed by atoms with Crippen LogP contribution in [0.3, 0.4) is 0 Å². The van der Waals surface area contributed by atoms with Gasteiger partial charge in [0.25, 0.3) is 5.91 Å². The summed E-state index contributed by atoms with van der Waals surface area (Å²) in [5.41, 5.74) is 1.76. The molecule has 6 nitrogen and oxygen atoms in total. The number of carbonyl (C=O) groups is 1. The summed E-state index contributed by atoms with van der Waals surface area (Å²) >= 11 is 1.21. The molecule has 3 aromatic heterocycles. The zero-order valence-corrected chi connectivity index (χ0v) is 16.3. The fourth-order valence-electron chi connectivity index (χ4n) is 3.10. The van der Waals surface area contributed by atoms with Crippen molar-refractivity contribution in [2.75, 3.05) is 5.32 Å². The Morgan fingerprint density at radius 1 is 0.967 bits per heavy atom. The van der Waals surface area contributed by atoms with Gasteiger partial charge in [0.05, 0.1) is 11.8 Å². The highest BCUT2D eigenvalue weighted by molar-refractivity contribution is 7.19. The monoisotopic (exact) mass is 414 g/mol. The molecule has 146 valence electrons. The first-order chi connectivity index (χ1) is 14.7. The van der Waals surface area contributed by atoms with E-state index in [1.165, 1.54) is 17.6 Å². The Morgan fingerprint density at radius 2 is 1.77 bits per heavy atom. The normalized spacial score (nSPS) is 10.9. The molecule has 2 aromatic carbocycles. The van der Waals surface area contributed by atoms with Crippen molar-refractivity contribution in [3.8, 4) is 21.8 Å². The van der Waals surface area contributed by atoms with Crippen molar-refractivity contribution >= 4 is 33.2 Å². The van der Waals surface area contributed by atoms with Crippen LogP contribution in [-0.2, 0) is 0 Å². The van der Waals surface area contributed by atoms with Crippen LogP contribution in [0.1, 0.15) is 10.6 Å². The maximum atomic E-state index is 12.6. The molecule has 1 amide bonds. The number of nitrogens with zero attached hydrogens (tertiary/aromatic N) is 1. The van der Waals surface area contributed by atoms with E-state index < -0.39 is 11.5 Å². The van der Waals surface area contributed by atoms with E-state index in [2.05, 4.69) is 10.3 Å². The van der Waals surface area contributed by atoms with Gasteiger partial charge in [0, 0.05) is 10.9 Å². The molecular formula is C23H14N2O4S. The predicted octanol–water partition coefficient (Wildman–Crippen LogP) is 5.43. The van der Waals surface area contributed by atoms with Crippen molar-refractivity contribution < 1.29 is 13.6 Å². The molecule has 0 bridgehead atoms. The molecule has 5 aromatic rings. The summed E-state index contributed by atoms with van der Waals surface area (Å²) in [5, 5.41) is 4.62. The molecule has 0 saturated heterocycles. The van der Waals surface area contributed by atoms with Gasteiger partial charge >= 0.3 is 5.63 Å². The van der Waals surface area contributed by atoms with E-state index in [0.29, 0.717) is 26.8 Å². The van der Waals surface area contributed by atoms with Crippen LogP contribution >= 0.6 is 11.3 Å². The largest absolute Gasteiger partial charge is 0.459 e. The number of thiazole rings is 1. The molecule has 0 spiro atoms. The number of anilines is 1. The lowest BCUT2D eigenvalue weighted by atomic mass is 10.1. The Bertz CT molecular complexity index is 1400. The Labute approximate surface area is 174 Å². The van der Waals surface area contributed by atoms with Gasteiger partial charge < -0.3 is 14.2 Å². The second kappa shape index (κ2) is 7.46. The van der Waals surface area contributed by atoms with Crippen molar-refractivity contribution in [2.24, 2.45) is 0 Å². The number of furan rings is 1. The van der Waals surface area contributed by atoms with Crippen LogP contribution in [0.15, 0.2) is 92.7 Å². The van der Waals surface area contributed by atoms with Gasteiger partial charge in [-0.25, -0.2) is 9.78 Å². The van der Waals surface area contributed by atoms with Crippen LogP contribution in [0.25, 0.3) is 32.8 Å². The zero-order chi connectivity index (χ0) is 20.5. The van der Waals surface area contributed by atoms with Crippen molar-refractivity contribution in [3.05, 3.63) is 95.2 Å². The van der Waals surface area contributed by atoms with Gasteiger partial charge in [0.1, 0.15) is 21.3 Å². The molecule has 0 saturated carbocycles. The van der Waals surface area contributed by atoms with E-state index in [1.807, 2.05) is 48.5 Å². The number of rotatable bonds is 4. The van der Waals surface area contributed by atoms with Crippen LogP contribution < -0.4 is 10.9 Å². The maximum absolute atomic E-state index is 12.6. The Kier molecular flexibility index (Phi) is 4.49. The Hall–Kier alpha value is -3.97. The van der Waals surface area contributed by atoms with Gasteiger partial charge in [-0.1, -0.05) is 59.9 Å². The highest BCUT2D eigenvalue weighted by Gasteiger charge is 2.20. The second-order valence-electron chi connectivity index (χ2n) is 6.48. The molecular weight excluding hydrogens is 400 g/mol. The molecule has 0 aliphatic carbocycles. The van der Waals surface area contributed by atoms with E-state index >= 15 is 0 Å². The molecule has 5 rings (SSSR count). The van der Waals surface area contributed by atoms with E-state index in [1.54, 1.807) is 24.3 Å². The summed E-state index contributed by atoms with van der Waals surface area (Å²) in [6, 6.07) is 21.7. The summed E-state index contributed by atoms with van der Waals surface area (Å²) in [5.74, 6) is -0.202. The fourth-order valence-corrected chi connectivity index (χ4v) is 4.08. The molecule has 0 aliphatic rings. The first kappa shape index (κ1) is 18.1. The molecule has 0 aliphatic heterocycles.